The van der Waals surface area contributed by atoms with Gasteiger partial charge < -0.3 is 9.84 Å². The summed E-state index contributed by atoms with van der Waals surface area (Å²) in [5.74, 6) is -0.349. The summed E-state index contributed by atoms with van der Waals surface area (Å²) in [6.45, 7) is 6.90. The summed E-state index contributed by atoms with van der Waals surface area (Å²) in [6, 6.07) is 13.0. The molecular weight excluding hydrogens is 359 g/mol. The summed E-state index contributed by atoms with van der Waals surface area (Å²) in [5, 5.41) is 13.4. The predicted octanol–water partition coefficient (Wildman–Crippen LogP) is 4.99. The van der Waals surface area contributed by atoms with Gasteiger partial charge in [-0.2, -0.15) is 4.39 Å². The van der Waals surface area contributed by atoms with Crippen molar-refractivity contribution in [3.63, 3.8) is 0 Å². The summed E-state index contributed by atoms with van der Waals surface area (Å²) >= 11 is 0. The number of benzene rings is 2. The number of ether oxygens (including phenoxy) is 1. The van der Waals surface area contributed by atoms with Crippen molar-refractivity contribution in [2.75, 3.05) is 0 Å². The zero-order valence-corrected chi connectivity index (χ0v) is 16.4. The summed E-state index contributed by atoms with van der Waals surface area (Å²) in [4.78, 5) is 10.8. The number of fused-ring (bicyclic) bond motifs is 1. The van der Waals surface area contributed by atoms with Crippen LogP contribution in [0.3, 0.4) is 0 Å². The Hall–Kier alpha value is -2.89. The Bertz CT molecular complexity index is 964. The lowest BCUT2D eigenvalue weighted by atomic mass is 9.98. The van der Waals surface area contributed by atoms with Crippen LogP contribution in [0.25, 0.3) is 10.9 Å². The van der Waals surface area contributed by atoms with Crippen molar-refractivity contribution < 1.29 is 19.0 Å². The molecular formula is C22H25FN2O3. The minimum atomic E-state index is -0.819. The average Bonchev–Trinajstić information content (AvgIpc) is 2.95. The van der Waals surface area contributed by atoms with Crippen LogP contribution in [-0.4, -0.2) is 20.9 Å². The van der Waals surface area contributed by atoms with E-state index in [2.05, 4.69) is 18.9 Å². The van der Waals surface area contributed by atoms with Gasteiger partial charge in [-0.15, -0.1) is 5.10 Å². The Morgan fingerprint density at radius 3 is 2.54 bits per heavy atom. The van der Waals surface area contributed by atoms with Crippen LogP contribution in [0, 0.1) is 11.9 Å². The Morgan fingerprint density at radius 2 is 1.89 bits per heavy atom. The van der Waals surface area contributed by atoms with Gasteiger partial charge >= 0.3 is 5.97 Å². The van der Waals surface area contributed by atoms with Crippen LogP contribution in [0.2, 0.25) is 0 Å². The van der Waals surface area contributed by atoms with Crippen molar-refractivity contribution in [2.24, 2.45) is 5.92 Å². The second-order valence-electron chi connectivity index (χ2n) is 7.53. The van der Waals surface area contributed by atoms with Gasteiger partial charge in [0.05, 0.1) is 17.3 Å². The van der Waals surface area contributed by atoms with Crippen molar-refractivity contribution in [3.05, 3.63) is 59.5 Å². The van der Waals surface area contributed by atoms with E-state index in [-0.39, 0.29) is 18.9 Å². The van der Waals surface area contributed by atoms with Crippen LogP contribution in [-0.2, 0) is 17.9 Å². The summed E-state index contributed by atoms with van der Waals surface area (Å²) in [7, 11) is 0. The number of nitrogens with zero attached hydrogens (tertiary/aromatic N) is 2. The SMILES string of the molecule is CC(C)Cn1nc(F)c2c(COc3ccc(C(C)CC(=O)O)cc3)cccc21. The monoisotopic (exact) mass is 384 g/mol. The lowest BCUT2D eigenvalue weighted by Crippen LogP contribution is -2.06. The molecule has 5 nitrogen and oxygen atoms in total. The maximum absolute atomic E-state index is 14.5. The van der Waals surface area contributed by atoms with Gasteiger partial charge in [-0.25, -0.2) is 0 Å². The van der Waals surface area contributed by atoms with E-state index in [1.807, 2.05) is 49.4 Å². The molecule has 2 aromatic carbocycles. The molecule has 0 aliphatic carbocycles. The molecule has 0 bridgehead atoms. The Morgan fingerprint density at radius 1 is 1.18 bits per heavy atom. The summed E-state index contributed by atoms with van der Waals surface area (Å²) in [6.07, 6.45) is 0.0852. The molecule has 3 rings (SSSR count). The summed E-state index contributed by atoms with van der Waals surface area (Å²) in [5.41, 5.74) is 2.45. The van der Waals surface area contributed by atoms with Crippen LogP contribution in [0.1, 0.15) is 44.2 Å². The quantitative estimate of drug-likeness (QED) is 0.594. The lowest BCUT2D eigenvalue weighted by Gasteiger charge is -2.11. The van der Waals surface area contributed by atoms with E-state index in [0.717, 1.165) is 16.6 Å². The van der Waals surface area contributed by atoms with Gasteiger partial charge in [-0.3, -0.25) is 9.48 Å². The number of carbonyl (C=O) groups is 1. The van der Waals surface area contributed by atoms with Crippen molar-refractivity contribution in [1.82, 2.24) is 9.78 Å². The standard InChI is InChI=1S/C22H25FN2O3/c1-14(2)12-25-19-6-4-5-17(21(19)22(23)24-25)13-28-18-9-7-16(8-10-18)15(3)11-20(26)27/h4-10,14-15H,11-13H2,1-3H3,(H,26,27). The van der Waals surface area contributed by atoms with Gasteiger partial charge in [0.1, 0.15) is 12.4 Å². The third-order valence-corrected chi connectivity index (χ3v) is 4.68. The molecule has 1 atom stereocenters. The van der Waals surface area contributed by atoms with Gasteiger partial charge in [0.15, 0.2) is 0 Å². The van der Waals surface area contributed by atoms with E-state index in [0.29, 0.717) is 23.6 Å². The van der Waals surface area contributed by atoms with Crippen LogP contribution in [0.5, 0.6) is 5.75 Å². The number of aromatic nitrogens is 2. The highest BCUT2D eigenvalue weighted by Gasteiger charge is 2.15. The van der Waals surface area contributed by atoms with E-state index < -0.39 is 11.9 Å². The normalized spacial score (nSPS) is 12.5. The number of hydrogen-bond donors (Lipinski definition) is 1. The Labute approximate surface area is 163 Å². The molecule has 28 heavy (non-hydrogen) atoms. The number of hydrogen-bond acceptors (Lipinski definition) is 3. The molecule has 0 aliphatic heterocycles. The first-order valence-corrected chi connectivity index (χ1v) is 9.43. The molecule has 1 unspecified atom stereocenters. The zero-order valence-electron chi connectivity index (χ0n) is 16.4. The van der Waals surface area contributed by atoms with Crippen molar-refractivity contribution >= 4 is 16.9 Å². The largest absolute Gasteiger partial charge is 0.489 e. The zero-order chi connectivity index (χ0) is 20.3. The van der Waals surface area contributed by atoms with Gasteiger partial charge in [-0.05, 0) is 35.6 Å². The maximum atomic E-state index is 14.5. The fraction of sp³-hybridized carbons (Fsp3) is 0.364. The third kappa shape index (κ3) is 4.50. The highest BCUT2D eigenvalue weighted by Crippen LogP contribution is 2.26. The molecule has 0 spiro atoms. The first kappa shape index (κ1) is 19.9. The van der Waals surface area contributed by atoms with E-state index in [4.69, 9.17) is 9.84 Å². The van der Waals surface area contributed by atoms with Crippen molar-refractivity contribution in [3.8, 4) is 5.75 Å². The maximum Gasteiger partial charge on any atom is 0.303 e. The predicted molar refractivity (Wildman–Crippen MR) is 106 cm³/mol. The second kappa shape index (κ2) is 8.42. The minimum Gasteiger partial charge on any atom is -0.489 e. The van der Waals surface area contributed by atoms with Gasteiger partial charge in [0, 0.05) is 12.1 Å². The van der Waals surface area contributed by atoms with Gasteiger partial charge in [0.2, 0.25) is 5.95 Å². The molecule has 3 aromatic rings. The number of aliphatic carboxylic acids is 1. The van der Waals surface area contributed by atoms with Gasteiger partial charge in [-0.1, -0.05) is 45.0 Å². The lowest BCUT2D eigenvalue weighted by molar-refractivity contribution is -0.137. The van der Waals surface area contributed by atoms with E-state index >= 15 is 0 Å². The van der Waals surface area contributed by atoms with E-state index in [1.54, 1.807) is 4.68 Å². The first-order valence-electron chi connectivity index (χ1n) is 9.43. The Balaban J connectivity index is 1.75. The summed E-state index contributed by atoms with van der Waals surface area (Å²) < 4.78 is 22.0. The first-order chi connectivity index (χ1) is 13.3. The molecule has 0 amide bonds. The van der Waals surface area contributed by atoms with Crippen LogP contribution >= 0.6 is 0 Å². The minimum absolute atomic E-state index is 0.0683. The fourth-order valence-corrected chi connectivity index (χ4v) is 3.29. The molecule has 0 saturated carbocycles. The molecule has 0 radical (unpaired) electrons. The van der Waals surface area contributed by atoms with Crippen molar-refractivity contribution in [2.45, 2.75) is 46.3 Å². The number of carboxylic acids is 1. The van der Waals surface area contributed by atoms with Crippen LogP contribution < -0.4 is 4.74 Å². The number of rotatable bonds is 8. The molecule has 1 heterocycles. The second-order valence-corrected chi connectivity index (χ2v) is 7.53. The van der Waals surface area contributed by atoms with Gasteiger partial charge in [0.25, 0.3) is 0 Å². The number of halogens is 1. The topological polar surface area (TPSA) is 64.4 Å². The molecule has 0 fully saturated rings. The highest BCUT2D eigenvalue weighted by molar-refractivity contribution is 5.82. The molecule has 0 aliphatic rings. The highest BCUT2D eigenvalue weighted by atomic mass is 19.1. The molecule has 1 aromatic heterocycles. The smallest absolute Gasteiger partial charge is 0.303 e. The number of carboxylic acid groups (broad SMARTS) is 1. The van der Waals surface area contributed by atoms with E-state index in [9.17, 15) is 9.18 Å². The average molecular weight is 384 g/mol. The third-order valence-electron chi connectivity index (χ3n) is 4.68. The molecule has 0 saturated heterocycles. The molecule has 1 N–H and O–H groups in total. The molecule has 6 heteroatoms. The fourth-order valence-electron chi connectivity index (χ4n) is 3.29. The van der Waals surface area contributed by atoms with Crippen molar-refractivity contribution in [1.29, 1.82) is 0 Å². The Kier molecular flexibility index (Phi) is 5.97. The van der Waals surface area contributed by atoms with E-state index in [1.165, 1.54) is 0 Å². The van der Waals surface area contributed by atoms with Crippen LogP contribution in [0.15, 0.2) is 42.5 Å². The molecule has 148 valence electrons. The van der Waals surface area contributed by atoms with Crippen LogP contribution in [0.4, 0.5) is 4.39 Å².